The van der Waals surface area contributed by atoms with Gasteiger partial charge in [0.05, 0.1) is 28.3 Å². The maximum Gasteiger partial charge on any atom is 0.271 e. The maximum absolute atomic E-state index is 11.9. The van der Waals surface area contributed by atoms with E-state index in [4.69, 9.17) is 16.7 Å². The summed E-state index contributed by atoms with van der Waals surface area (Å²) in [6, 6.07) is 4.21. The van der Waals surface area contributed by atoms with Crippen LogP contribution in [0.3, 0.4) is 0 Å². The van der Waals surface area contributed by atoms with Crippen molar-refractivity contribution in [3.05, 3.63) is 28.3 Å². The second-order valence-electron chi connectivity index (χ2n) is 4.41. The molecule has 1 heterocycles. The molecule has 7 nitrogen and oxygen atoms in total. The van der Waals surface area contributed by atoms with Gasteiger partial charge in [-0.05, 0) is 6.07 Å². The van der Waals surface area contributed by atoms with Crippen LogP contribution in [0.2, 0.25) is 0 Å². The third-order valence-corrected chi connectivity index (χ3v) is 3.28. The number of amides is 1. The van der Waals surface area contributed by atoms with E-state index in [1.165, 1.54) is 23.1 Å². The summed E-state index contributed by atoms with van der Waals surface area (Å²) in [7, 11) is 0. The molecule has 2 N–H and O–H groups in total. The number of carbonyl (C=O) groups excluding carboxylic acids is 1. The number of alkyl halides is 1. The minimum Gasteiger partial charge on any atom is -0.395 e. The van der Waals surface area contributed by atoms with Crippen molar-refractivity contribution in [1.82, 2.24) is 0 Å². The topological polar surface area (TPSA) is 95.7 Å². The van der Waals surface area contributed by atoms with Gasteiger partial charge < -0.3 is 15.3 Å². The molecule has 1 aliphatic heterocycles. The van der Waals surface area contributed by atoms with Crippen LogP contribution in [0.4, 0.5) is 17.1 Å². The minimum absolute atomic E-state index is 0.0808. The van der Waals surface area contributed by atoms with Crippen molar-refractivity contribution >= 4 is 34.6 Å². The predicted octanol–water partition coefficient (Wildman–Crippen LogP) is 1.34. The number of nitro benzene ring substituents is 1. The number of halogens is 1. The largest absolute Gasteiger partial charge is 0.395 e. The highest BCUT2D eigenvalue weighted by Crippen LogP contribution is 2.34. The number of nitrogens with zero attached hydrogens (tertiary/aromatic N) is 2. The molecular formula is C12H14ClN3O4. The molecular weight excluding hydrogens is 286 g/mol. The van der Waals surface area contributed by atoms with Crippen LogP contribution in [0.15, 0.2) is 18.2 Å². The molecule has 20 heavy (non-hydrogen) atoms. The quantitative estimate of drug-likeness (QED) is 0.486. The monoisotopic (exact) mass is 299 g/mol. The fourth-order valence-electron chi connectivity index (χ4n) is 2.09. The Hall–Kier alpha value is -1.86. The first-order valence-corrected chi connectivity index (χ1v) is 6.54. The Balaban J connectivity index is 2.38. The number of rotatable bonds is 5. The van der Waals surface area contributed by atoms with E-state index in [1.54, 1.807) is 0 Å². The van der Waals surface area contributed by atoms with Crippen LogP contribution in [0.25, 0.3) is 0 Å². The fourth-order valence-corrected chi connectivity index (χ4v) is 2.36. The highest BCUT2D eigenvalue weighted by Gasteiger charge is 2.31. The number of aliphatic hydroxyl groups excluding tert-OH is 1. The second kappa shape index (κ2) is 6.06. The lowest BCUT2D eigenvalue weighted by atomic mass is 10.2. The number of hydrogen-bond acceptors (Lipinski definition) is 5. The first-order valence-electron chi connectivity index (χ1n) is 6.10. The Labute approximate surface area is 120 Å². The summed E-state index contributed by atoms with van der Waals surface area (Å²) in [6.07, 6.45) is 0.212. The average Bonchev–Trinajstić information content (AvgIpc) is 2.75. The number of benzene rings is 1. The molecule has 1 amide bonds. The summed E-state index contributed by atoms with van der Waals surface area (Å²) in [6.45, 7) is 0.523. The molecule has 0 aliphatic carbocycles. The Bertz CT molecular complexity index is 537. The summed E-state index contributed by atoms with van der Waals surface area (Å²) in [5, 5.41) is 22.3. The van der Waals surface area contributed by atoms with E-state index in [9.17, 15) is 14.9 Å². The predicted molar refractivity (Wildman–Crippen MR) is 75.3 cm³/mol. The molecule has 0 bridgehead atoms. The van der Waals surface area contributed by atoms with Crippen molar-refractivity contribution in [3.63, 3.8) is 0 Å². The Kier molecular flexibility index (Phi) is 4.41. The van der Waals surface area contributed by atoms with E-state index in [1.807, 2.05) is 0 Å². The number of aliphatic hydroxyl groups is 1. The first-order chi connectivity index (χ1) is 9.52. The first kappa shape index (κ1) is 14.5. The molecule has 1 aromatic carbocycles. The summed E-state index contributed by atoms with van der Waals surface area (Å²) >= 11 is 5.95. The molecule has 1 unspecified atom stereocenters. The average molecular weight is 300 g/mol. The maximum atomic E-state index is 11.9. The van der Waals surface area contributed by atoms with Gasteiger partial charge in [0.25, 0.3) is 5.69 Å². The van der Waals surface area contributed by atoms with Crippen LogP contribution in [0.5, 0.6) is 0 Å². The van der Waals surface area contributed by atoms with E-state index >= 15 is 0 Å². The standard InChI is InChI=1S/C12H14ClN3O4/c13-8-5-12(18)15(7-8)11-6-9(16(19)20)1-2-10(11)14-3-4-17/h1-2,6,8,14,17H,3-5,7H2. The van der Waals surface area contributed by atoms with Gasteiger partial charge in [0.1, 0.15) is 0 Å². The van der Waals surface area contributed by atoms with Crippen LogP contribution >= 0.6 is 11.6 Å². The molecule has 0 radical (unpaired) electrons. The zero-order valence-corrected chi connectivity index (χ0v) is 11.3. The van der Waals surface area contributed by atoms with Crippen molar-refractivity contribution in [1.29, 1.82) is 0 Å². The van der Waals surface area contributed by atoms with E-state index in [-0.39, 0.29) is 36.5 Å². The molecule has 1 fully saturated rings. The van der Waals surface area contributed by atoms with Crippen molar-refractivity contribution in [2.45, 2.75) is 11.8 Å². The summed E-state index contributed by atoms with van der Waals surface area (Å²) in [5.74, 6) is -0.169. The van der Waals surface area contributed by atoms with Crippen LogP contribution in [-0.2, 0) is 4.79 Å². The van der Waals surface area contributed by atoms with E-state index in [0.717, 1.165) is 0 Å². The zero-order chi connectivity index (χ0) is 14.7. The zero-order valence-electron chi connectivity index (χ0n) is 10.6. The van der Waals surface area contributed by atoms with Crippen molar-refractivity contribution in [2.24, 2.45) is 0 Å². The number of nitro groups is 1. The van der Waals surface area contributed by atoms with Gasteiger partial charge in [0.2, 0.25) is 5.91 Å². The van der Waals surface area contributed by atoms with Gasteiger partial charge in [-0.3, -0.25) is 14.9 Å². The highest BCUT2D eigenvalue weighted by molar-refractivity contribution is 6.24. The molecule has 0 spiro atoms. The summed E-state index contributed by atoms with van der Waals surface area (Å²) < 4.78 is 0. The second-order valence-corrected chi connectivity index (χ2v) is 5.03. The van der Waals surface area contributed by atoms with Crippen LogP contribution < -0.4 is 10.2 Å². The molecule has 2 rings (SSSR count). The lowest BCUT2D eigenvalue weighted by Gasteiger charge is -2.20. The molecule has 0 aromatic heterocycles. The Morgan fingerprint density at radius 2 is 2.30 bits per heavy atom. The van der Waals surface area contributed by atoms with Gasteiger partial charge in [0, 0.05) is 31.6 Å². The molecule has 0 saturated carbocycles. The molecule has 108 valence electrons. The van der Waals surface area contributed by atoms with Gasteiger partial charge in [-0.1, -0.05) is 0 Å². The van der Waals surface area contributed by atoms with E-state index in [2.05, 4.69) is 5.32 Å². The lowest BCUT2D eigenvalue weighted by molar-refractivity contribution is -0.384. The van der Waals surface area contributed by atoms with Gasteiger partial charge in [-0.15, -0.1) is 11.6 Å². The van der Waals surface area contributed by atoms with Crippen LogP contribution in [0.1, 0.15) is 6.42 Å². The number of non-ortho nitro benzene ring substituents is 1. The van der Waals surface area contributed by atoms with Crippen molar-refractivity contribution < 1.29 is 14.8 Å². The number of nitrogens with one attached hydrogen (secondary N) is 1. The van der Waals surface area contributed by atoms with E-state index < -0.39 is 4.92 Å². The van der Waals surface area contributed by atoms with Gasteiger partial charge >= 0.3 is 0 Å². The van der Waals surface area contributed by atoms with Gasteiger partial charge in [0.15, 0.2) is 0 Å². The number of carbonyl (C=O) groups is 1. The molecule has 8 heteroatoms. The fraction of sp³-hybridized carbons (Fsp3) is 0.417. The van der Waals surface area contributed by atoms with E-state index in [0.29, 0.717) is 17.9 Å². The third kappa shape index (κ3) is 3.00. The number of anilines is 2. The highest BCUT2D eigenvalue weighted by atomic mass is 35.5. The number of hydrogen-bond donors (Lipinski definition) is 2. The van der Waals surface area contributed by atoms with Crippen LogP contribution in [0, 0.1) is 10.1 Å². The smallest absolute Gasteiger partial charge is 0.271 e. The summed E-state index contributed by atoms with van der Waals surface area (Å²) in [5.41, 5.74) is 0.880. The van der Waals surface area contributed by atoms with Crippen LogP contribution in [-0.4, -0.2) is 41.0 Å². The minimum atomic E-state index is -0.516. The lowest BCUT2D eigenvalue weighted by Crippen LogP contribution is -2.26. The van der Waals surface area contributed by atoms with Crippen molar-refractivity contribution in [2.75, 3.05) is 29.9 Å². The van der Waals surface area contributed by atoms with Crippen molar-refractivity contribution in [3.8, 4) is 0 Å². The Morgan fingerprint density at radius 1 is 1.55 bits per heavy atom. The van der Waals surface area contributed by atoms with Gasteiger partial charge in [-0.25, -0.2) is 0 Å². The molecule has 1 aromatic rings. The third-order valence-electron chi connectivity index (χ3n) is 2.99. The summed E-state index contributed by atoms with van der Waals surface area (Å²) in [4.78, 5) is 23.7. The normalized spacial score (nSPS) is 18.4. The molecule has 1 atom stereocenters. The SMILES string of the molecule is O=C1CC(Cl)CN1c1cc([N+](=O)[O-])ccc1NCCO. The Morgan fingerprint density at radius 3 is 2.85 bits per heavy atom. The van der Waals surface area contributed by atoms with Gasteiger partial charge in [-0.2, -0.15) is 0 Å². The molecule has 1 aliphatic rings. The molecule has 1 saturated heterocycles.